The number of Topliss-reactive ketones (excluding diaryl/α,β-unsaturated/α-hetero) is 1. The van der Waals surface area contributed by atoms with Gasteiger partial charge in [-0.05, 0) is 19.1 Å². The summed E-state index contributed by atoms with van der Waals surface area (Å²) in [5, 5.41) is 0. The molecule has 0 bridgehead atoms. The van der Waals surface area contributed by atoms with Crippen LogP contribution in [0.25, 0.3) is 0 Å². The third kappa shape index (κ3) is 2.85. The van der Waals surface area contributed by atoms with Crippen molar-refractivity contribution >= 4 is 5.78 Å². The summed E-state index contributed by atoms with van der Waals surface area (Å²) >= 11 is 0. The van der Waals surface area contributed by atoms with E-state index in [9.17, 15) is 4.79 Å². The van der Waals surface area contributed by atoms with E-state index in [1.165, 1.54) is 6.92 Å². The van der Waals surface area contributed by atoms with Gasteiger partial charge in [0.25, 0.3) is 0 Å². The monoisotopic (exact) mass is 194 g/mol. The molecular formula is C11H14O3. The number of hydrogen-bond acceptors (Lipinski definition) is 3. The van der Waals surface area contributed by atoms with Crippen LogP contribution in [0.4, 0.5) is 0 Å². The van der Waals surface area contributed by atoms with E-state index in [1.807, 2.05) is 12.1 Å². The van der Waals surface area contributed by atoms with Crippen molar-refractivity contribution in [2.24, 2.45) is 0 Å². The van der Waals surface area contributed by atoms with E-state index in [2.05, 4.69) is 0 Å². The number of para-hydroxylation sites is 1. The maximum Gasteiger partial charge on any atom is 0.163 e. The minimum Gasteiger partial charge on any atom is -0.490 e. The Morgan fingerprint density at radius 1 is 1.29 bits per heavy atom. The molecule has 3 nitrogen and oxygen atoms in total. The first-order valence-electron chi connectivity index (χ1n) is 4.47. The lowest BCUT2D eigenvalue weighted by Gasteiger charge is -2.08. The Bertz CT molecular complexity index is 307. The number of ether oxygens (including phenoxy) is 2. The zero-order valence-electron chi connectivity index (χ0n) is 8.45. The Morgan fingerprint density at radius 2 is 2.00 bits per heavy atom. The van der Waals surface area contributed by atoms with Gasteiger partial charge in [0, 0.05) is 7.11 Å². The van der Waals surface area contributed by atoms with Gasteiger partial charge >= 0.3 is 0 Å². The predicted octanol–water partition coefficient (Wildman–Crippen LogP) is 1.91. The van der Waals surface area contributed by atoms with E-state index in [1.54, 1.807) is 19.2 Å². The fraction of sp³-hybridized carbons (Fsp3) is 0.364. The summed E-state index contributed by atoms with van der Waals surface area (Å²) in [5.74, 6) is 0.634. The molecule has 0 unspecified atom stereocenters. The highest BCUT2D eigenvalue weighted by Gasteiger charge is 2.06. The van der Waals surface area contributed by atoms with Gasteiger partial charge in [0.05, 0.1) is 12.2 Å². The second-order valence-electron chi connectivity index (χ2n) is 2.89. The molecule has 0 aliphatic rings. The van der Waals surface area contributed by atoms with Crippen molar-refractivity contribution in [2.75, 3.05) is 20.3 Å². The molecule has 0 aliphatic heterocycles. The van der Waals surface area contributed by atoms with Gasteiger partial charge in [-0.1, -0.05) is 12.1 Å². The van der Waals surface area contributed by atoms with Crippen molar-refractivity contribution in [2.45, 2.75) is 6.92 Å². The van der Waals surface area contributed by atoms with E-state index < -0.39 is 0 Å². The van der Waals surface area contributed by atoms with Crippen molar-refractivity contribution < 1.29 is 14.3 Å². The number of methoxy groups -OCH3 is 1. The molecule has 1 aromatic carbocycles. The molecule has 0 aromatic heterocycles. The summed E-state index contributed by atoms with van der Waals surface area (Å²) in [6.07, 6.45) is 0. The number of carbonyl (C=O) groups is 1. The van der Waals surface area contributed by atoms with Gasteiger partial charge in [-0.2, -0.15) is 0 Å². The Labute approximate surface area is 83.6 Å². The van der Waals surface area contributed by atoms with E-state index in [0.717, 1.165) is 0 Å². The van der Waals surface area contributed by atoms with Crippen LogP contribution < -0.4 is 4.74 Å². The number of hydrogen-bond donors (Lipinski definition) is 0. The van der Waals surface area contributed by atoms with Crippen LogP contribution in [-0.4, -0.2) is 26.1 Å². The van der Waals surface area contributed by atoms with Gasteiger partial charge in [0.1, 0.15) is 12.4 Å². The first-order valence-corrected chi connectivity index (χ1v) is 4.47. The van der Waals surface area contributed by atoms with Crippen molar-refractivity contribution in [1.82, 2.24) is 0 Å². The second kappa shape index (κ2) is 5.40. The first kappa shape index (κ1) is 10.7. The average molecular weight is 194 g/mol. The molecule has 1 rings (SSSR count). The van der Waals surface area contributed by atoms with Crippen LogP contribution in [0.15, 0.2) is 24.3 Å². The molecule has 0 saturated carbocycles. The van der Waals surface area contributed by atoms with Gasteiger partial charge in [-0.3, -0.25) is 4.79 Å². The molecular weight excluding hydrogens is 180 g/mol. The molecule has 1 aromatic rings. The molecule has 0 aliphatic carbocycles. The summed E-state index contributed by atoms with van der Waals surface area (Å²) in [6.45, 7) is 2.51. The summed E-state index contributed by atoms with van der Waals surface area (Å²) < 4.78 is 10.2. The average Bonchev–Trinajstić information content (AvgIpc) is 2.19. The molecule has 0 radical (unpaired) electrons. The molecule has 0 spiro atoms. The van der Waals surface area contributed by atoms with Gasteiger partial charge in [-0.25, -0.2) is 0 Å². The summed E-state index contributed by atoms with van der Waals surface area (Å²) in [5.41, 5.74) is 0.614. The lowest BCUT2D eigenvalue weighted by molar-refractivity contribution is 0.100. The molecule has 0 N–H and O–H groups in total. The number of ketones is 1. The summed E-state index contributed by atoms with van der Waals surface area (Å²) in [4.78, 5) is 11.2. The van der Waals surface area contributed by atoms with Crippen molar-refractivity contribution in [1.29, 1.82) is 0 Å². The number of carbonyl (C=O) groups excluding carboxylic acids is 1. The van der Waals surface area contributed by atoms with Crippen LogP contribution in [-0.2, 0) is 4.74 Å². The van der Waals surface area contributed by atoms with Crippen LogP contribution >= 0.6 is 0 Å². The van der Waals surface area contributed by atoms with Gasteiger partial charge in [0.2, 0.25) is 0 Å². The minimum absolute atomic E-state index is 0.0121. The summed E-state index contributed by atoms with van der Waals surface area (Å²) in [7, 11) is 1.61. The summed E-state index contributed by atoms with van der Waals surface area (Å²) in [6, 6.07) is 7.20. The zero-order chi connectivity index (χ0) is 10.4. The maximum absolute atomic E-state index is 11.2. The predicted molar refractivity (Wildman–Crippen MR) is 53.8 cm³/mol. The van der Waals surface area contributed by atoms with Gasteiger partial charge in [0.15, 0.2) is 5.78 Å². The van der Waals surface area contributed by atoms with E-state index in [-0.39, 0.29) is 5.78 Å². The highest BCUT2D eigenvalue weighted by atomic mass is 16.5. The fourth-order valence-electron chi connectivity index (χ4n) is 1.12. The van der Waals surface area contributed by atoms with Crippen LogP contribution in [0.2, 0.25) is 0 Å². The number of benzene rings is 1. The Balaban J connectivity index is 2.69. The van der Waals surface area contributed by atoms with Gasteiger partial charge in [-0.15, -0.1) is 0 Å². The van der Waals surface area contributed by atoms with Crippen molar-refractivity contribution in [3.05, 3.63) is 29.8 Å². The van der Waals surface area contributed by atoms with E-state index in [0.29, 0.717) is 24.5 Å². The second-order valence-corrected chi connectivity index (χ2v) is 2.89. The van der Waals surface area contributed by atoms with Crippen LogP contribution in [0, 0.1) is 0 Å². The third-order valence-electron chi connectivity index (χ3n) is 1.81. The fourth-order valence-corrected chi connectivity index (χ4v) is 1.12. The lowest BCUT2D eigenvalue weighted by atomic mass is 10.1. The van der Waals surface area contributed by atoms with Gasteiger partial charge < -0.3 is 9.47 Å². The van der Waals surface area contributed by atoms with Crippen LogP contribution in [0.5, 0.6) is 5.75 Å². The third-order valence-corrected chi connectivity index (χ3v) is 1.81. The van der Waals surface area contributed by atoms with Crippen molar-refractivity contribution in [3.63, 3.8) is 0 Å². The standard InChI is InChI=1S/C11H14O3/c1-9(12)10-5-3-4-6-11(10)14-8-7-13-2/h3-6H,7-8H2,1-2H3. The maximum atomic E-state index is 11.2. The molecule has 0 saturated heterocycles. The zero-order valence-corrected chi connectivity index (χ0v) is 8.45. The Morgan fingerprint density at radius 3 is 2.64 bits per heavy atom. The molecule has 0 atom stereocenters. The molecule has 14 heavy (non-hydrogen) atoms. The van der Waals surface area contributed by atoms with Crippen LogP contribution in [0.1, 0.15) is 17.3 Å². The molecule has 3 heteroatoms. The smallest absolute Gasteiger partial charge is 0.163 e. The normalized spacial score (nSPS) is 9.86. The topological polar surface area (TPSA) is 35.5 Å². The van der Waals surface area contributed by atoms with Crippen LogP contribution in [0.3, 0.4) is 0 Å². The molecule has 0 fully saturated rings. The lowest BCUT2D eigenvalue weighted by Crippen LogP contribution is -2.07. The minimum atomic E-state index is 0.0121. The first-order chi connectivity index (χ1) is 6.75. The van der Waals surface area contributed by atoms with Crippen molar-refractivity contribution in [3.8, 4) is 5.75 Å². The SMILES string of the molecule is COCCOc1ccccc1C(C)=O. The number of rotatable bonds is 5. The molecule has 0 amide bonds. The Hall–Kier alpha value is -1.35. The van der Waals surface area contributed by atoms with E-state index >= 15 is 0 Å². The quantitative estimate of drug-likeness (QED) is 0.530. The molecule has 76 valence electrons. The highest BCUT2D eigenvalue weighted by Crippen LogP contribution is 2.17. The largest absolute Gasteiger partial charge is 0.490 e. The van der Waals surface area contributed by atoms with E-state index in [4.69, 9.17) is 9.47 Å². The molecule has 0 heterocycles. The Kier molecular flexibility index (Phi) is 4.13. The highest BCUT2D eigenvalue weighted by molar-refractivity contribution is 5.96.